The van der Waals surface area contributed by atoms with Crippen molar-refractivity contribution in [1.82, 2.24) is 0 Å². The fraction of sp³-hybridized carbons (Fsp3) is 0.833. The van der Waals surface area contributed by atoms with E-state index in [0.717, 1.165) is 12.8 Å². The van der Waals surface area contributed by atoms with E-state index in [0.29, 0.717) is 11.8 Å². The monoisotopic (exact) mass is 184 g/mol. The van der Waals surface area contributed by atoms with Crippen LogP contribution in [0.4, 0.5) is 0 Å². The SMILES string of the molecule is CCC=CCC(O)(C(C)C)C(C)C. The molecule has 0 aliphatic heterocycles. The van der Waals surface area contributed by atoms with Crippen LogP contribution in [-0.4, -0.2) is 10.7 Å². The van der Waals surface area contributed by atoms with Gasteiger partial charge in [0.2, 0.25) is 0 Å². The average Bonchev–Trinajstić information content (AvgIpc) is 2.03. The summed E-state index contributed by atoms with van der Waals surface area (Å²) in [5, 5.41) is 10.3. The Labute approximate surface area is 82.9 Å². The lowest BCUT2D eigenvalue weighted by Gasteiger charge is -2.35. The lowest BCUT2D eigenvalue weighted by molar-refractivity contribution is -0.0439. The highest BCUT2D eigenvalue weighted by atomic mass is 16.3. The van der Waals surface area contributed by atoms with Gasteiger partial charge in [0.1, 0.15) is 0 Å². The van der Waals surface area contributed by atoms with E-state index in [1.807, 2.05) is 0 Å². The second-order valence-electron chi connectivity index (χ2n) is 4.38. The van der Waals surface area contributed by atoms with E-state index in [4.69, 9.17) is 0 Å². The molecule has 0 aromatic carbocycles. The predicted octanol–water partition coefficient (Wildman–Crippen LogP) is 3.39. The molecule has 0 unspecified atom stereocenters. The van der Waals surface area contributed by atoms with Crippen molar-refractivity contribution >= 4 is 0 Å². The average molecular weight is 184 g/mol. The summed E-state index contributed by atoms with van der Waals surface area (Å²) in [4.78, 5) is 0. The van der Waals surface area contributed by atoms with Crippen LogP contribution in [0.25, 0.3) is 0 Å². The third-order valence-electron chi connectivity index (χ3n) is 2.85. The van der Waals surface area contributed by atoms with Crippen molar-refractivity contribution in [1.29, 1.82) is 0 Å². The zero-order valence-corrected chi connectivity index (χ0v) is 9.67. The van der Waals surface area contributed by atoms with Crippen LogP contribution in [0, 0.1) is 11.8 Å². The number of rotatable bonds is 5. The Kier molecular flexibility index (Phi) is 5.31. The van der Waals surface area contributed by atoms with Crippen molar-refractivity contribution in [3.8, 4) is 0 Å². The lowest BCUT2D eigenvalue weighted by Crippen LogP contribution is -2.40. The smallest absolute Gasteiger partial charge is 0.0727 e. The maximum absolute atomic E-state index is 10.3. The third-order valence-corrected chi connectivity index (χ3v) is 2.85. The summed E-state index contributed by atoms with van der Waals surface area (Å²) in [6, 6.07) is 0. The molecule has 78 valence electrons. The zero-order chi connectivity index (χ0) is 10.5. The normalized spacial score (nSPS) is 13.5. The molecule has 0 saturated heterocycles. The van der Waals surface area contributed by atoms with Gasteiger partial charge in [0.25, 0.3) is 0 Å². The molecule has 0 heterocycles. The first-order chi connectivity index (χ1) is 5.95. The van der Waals surface area contributed by atoms with Gasteiger partial charge in [-0.05, 0) is 24.7 Å². The summed E-state index contributed by atoms with van der Waals surface area (Å²) in [5.74, 6) is 0.628. The summed E-state index contributed by atoms with van der Waals surface area (Å²) >= 11 is 0. The molecule has 1 N–H and O–H groups in total. The van der Waals surface area contributed by atoms with E-state index < -0.39 is 5.60 Å². The first-order valence-electron chi connectivity index (χ1n) is 5.32. The van der Waals surface area contributed by atoms with Gasteiger partial charge in [0, 0.05) is 0 Å². The van der Waals surface area contributed by atoms with Gasteiger partial charge in [-0.3, -0.25) is 0 Å². The minimum Gasteiger partial charge on any atom is -0.389 e. The summed E-state index contributed by atoms with van der Waals surface area (Å²) in [5.41, 5.74) is -0.536. The molecule has 0 spiro atoms. The van der Waals surface area contributed by atoms with Crippen molar-refractivity contribution in [2.45, 2.75) is 53.1 Å². The van der Waals surface area contributed by atoms with Gasteiger partial charge in [-0.15, -0.1) is 0 Å². The fourth-order valence-electron chi connectivity index (χ4n) is 1.58. The summed E-state index contributed by atoms with van der Waals surface area (Å²) < 4.78 is 0. The number of hydrogen-bond donors (Lipinski definition) is 1. The van der Waals surface area contributed by atoms with E-state index in [-0.39, 0.29) is 0 Å². The molecule has 0 fully saturated rings. The van der Waals surface area contributed by atoms with Crippen LogP contribution >= 0.6 is 0 Å². The van der Waals surface area contributed by atoms with Crippen molar-refractivity contribution in [3.05, 3.63) is 12.2 Å². The first-order valence-corrected chi connectivity index (χ1v) is 5.32. The molecular weight excluding hydrogens is 160 g/mol. The number of allylic oxidation sites excluding steroid dienone is 1. The van der Waals surface area contributed by atoms with Crippen LogP contribution in [0.15, 0.2) is 12.2 Å². The zero-order valence-electron chi connectivity index (χ0n) is 9.67. The standard InChI is InChI=1S/C12H24O/c1-6-7-8-9-12(13,10(2)3)11(4)5/h7-8,10-11,13H,6,9H2,1-5H3. The topological polar surface area (TPSA) is 20.2 Å². The van der Waals surface area contributed by atoms with Crippen molar-refractivity contribution < 1.29 is 5.11 Å². The molecule has 13 heavy (non-hydrogen) atoms. The highest BCUT2D eigenvalue weighted by molar-refractivity contribution is 4.94. The molecule has 0 bridgehead atoms. The van der Waals surface area contributed by atoms with Crippen LogP contribution in [-0.2, 0) is 0 Å². The number of aliphatic hydroxyl groups is 1. The third kappa shape index (κ3) is 3.51. The van der Waals surface area contributed by atoms with Gasteiger partial charge in [-0.2, -0.15) is 0 Å². The molecule has 0 radical (unpaired) electrons. The highest BCUT2D eigenvalue weighted by Gasteiger charge is 2.32. The van der Waals surface area contributed by atoms with E-state index in [2.05, 4.69) is 46.8 Å². The minimum atomic E-state index is -0.536. The van der Waals surface area contributed by atoms with E-state index in [9.17, 15) is 5.11 Å². The second kappa shape index (κ2) is 5.43. The maximum Gasteiger partial charge on any atom is 0.0727 e. The molecule has 0 aliphatic rings. The van der Waals surface area contributed by atoms with Crippen LogP contribution in [0.3, 0.4) is 0 Å². The lowest BCUT2D eigenvalue weighted by atomic mass is 9.78. The summed E-state index contributed by atoms with van der Waals surface area (Å²) in [6.07, 6.45) is 6.04. The van der Waals surface area contributed by atoms with Crippen LogP contribution in [0.1, 0.15) is 47.5 Å². The van der Waals surface area contributed by atoms with E-state index >= 15 is 0 Å². The predicted molar refractivity (Wildman–Crippen MR) is 58.7 cm³/mol. The van der Waals surface area contributed by atoms with E-state index in [1.54, 1.807) is 0 Å². The van der Waals surface area contributed by atoms with Gasteiger partial charge in [0.05, 0.1) is 5.60 Å². The Balaban J connectivity index is 4.33. The Bertz CT molecular complexity index is 149. The van der Waals surface area contributed by atoms with Gasteiger partial charge >= 0.3 is 0 Å². The molecule has 0 aromatic rings. The Morgan fingerprint density at radius 3 is 1.85 bits per heavy atom. The number of hydrogen-bond acceptors (Lipinski definition) is 1. The summed E-state index contributed by atoms with van der Waals surface area (Å²) in [7, 11) is 0. The fourth-order valence-corrected chi connectivity index (χ4v) is 1.58. The molecule has 0 atom stereocenters. The maximum atomic E-state index is 10.3. The molecule has 0 aliphatic carbocycles. The molecule has 0 rings (SSSR count). The molecule has 0 aromatic heterocycles. The van der Waals surface area contributed by atoms with Gasteiger partial charge in [-0.1, -0.05) is 46.8 Å². The van der Waals surface area contributed by atoms with Gasteiger partial charge in [0.15, 0.2) is 0 Å². The van der Waals surface area contributed by atoms with E-state index in [1.165, 1.54) is 0 Å². The Hall–Kier alpha value is -0.300. The largest absolute Gasteiger partial charge is 0.389 e. The van der Waals surface area contributed by atoms with Crippen molar-refractivity contribution in [3.63, 3.8) is 0 Å². The minimum absolute atomic E-state index is 0.314. The highest BCUT2D eigenvalue weighted by Crippen LogP contribution is 2.29. The van der Waals surface area contributed by atoms with Gasteiger partial charge in [-0.25, -0.2) is 0 Å². The van der Waals surface area contributed by atoms with Gasteiger partial charge < -0.3 is 5.11 Å². The molecule has 1 heteroatoms. The Morgan fingerprint density at radius 1 is 1.08 bits per heavy atom. The quantitative estimate of drug-likeness (QED) is 0.649. The van der Waals surface area contributed by atoms with Crippen LogP contribution in [0.5, 0.6) is 0 Å². The van der Waals surface area contributed by atoms with Crippen molar-refractivity contribution in [2.24, 2.45) is 11.8 Å². The molecule has 0 amide bonds. The van der Waals surface area contributed by atoms with Crippen LogP contribution in [0.2, 0.25) is 0 Å². The molecular formula is C12H24O. The van der Waals surface area contributed by atoms with Crippen LogP contribution < -0.4 is 0 Å². The molecule has 1 nitrogen and oxygen atoms in total. The summed E-state index contributed by atoms with van der Waals surface area (Å²) in [6.45, 7) is 10.4. The molecule has 0 saturated carbocycles. The second-order valence-corrected chi connectivity index (χ2v) is 4.38. The Morgan fingerprint density at radius 2 is 1.54 bits per heavy atom. The first kappa shape index (κ1) is 12.7. The van der Waals surface area contributed by atoms with Crippen molar-refractivity contribution in [2.75, 3.05) is 0 Å².